The van der Waals surface area contributed by atoms with Gasteiger partial charge in [-0.2, -0.15) is 5.26 Å². The van der Waals surface area contributed by atoms with Crippen molar-refractivity contribution in [1.82, 2.24) is 10.6 Å². The fourth-order valence-corrected chi connectivity index (χ4v) is 1.77. The van der Waals surface area contributed by atoms with E-state index >= 15 is 0 Å². The van der Waals surface area contributed by atoms with E-state index in [4.69, 9.17) is 14.7 Å². The van der Waals surface area contributed by atoms with E-state index in [9.17, 15) is 14.4 Å². The van der Waals surface area contributed by atoms with Crippen LogP contribution in [-0.2, 0) is 14.3 Å². The number of nitrogens with zero attached hydrogens (tertiary/aromatic N) is 1. The molecule has 1 aromatic carbocycles. The van der Waals surface area contributed by atoms with Crippen LogP contribution in [0.3, 0.4) is 0 Å². The quantitative estimate of drug-likeness (QED) is 0.746. The number of ether oxygens (including phenoxy) is 2. The van der Waals surface area contributed by atoms with Crippen molar-refractivity contribution in [3.63, 3.8) is 0 Å². The van der Waals surface area contributed by atoms with E-state index in [-0.39, 0.29) is 17.4 Å². The highest BCUT2D eigenvalue weighted by Gasteiger charge is 2.26. The van der Waals surface area contributed by atoms with E-state index in [2.05, 4.69) is 10.6 Å². The van der Waals surface area contributed by atoms with Gasteiger partial charge in [0.2, 0.25) is 0 Å². The average molecular weight is 331 g/mol. The molecule has 1 saturated carbocycles. The first-order chi connectivity index (χ1) is 11.5. The van der Waals surface area contributed by atoms with Gasteiger partial charge in [-0.05, 0) is 31.9 Å². The summed E-state index contributed by atoms with van der Waals surface area (Å²) in [7, 11) is 0. The zero-order valence-corrected chi connectivity index (χ0v) is 13.1. The van der Waals surface area contributed by atoms with E-state index in [1.807, 2.05) is 6.07 Å². The normalized spacial score (nSPS) is 14.0. The minimum absolute atomic E-state index is 0.115. The molecule has 1 atom stereocenters. The average Bonchev–Trinajstić information content (AvgIpc) is 3.36. The smallest absolute Gasteiger partial charge is 0.344 e. The summed E-state index contributed by atoms with van der Waals surface area (Å²) in [4.78, 5) is 34.9. The zero-order valence-electron chi connectivity index (χ0n) is 13.1. The molecule has 126 valence electrons. The number of rotatable bonds is 6. The molecule has 2 rings (SSSR count). The van der Waals surface area contributed by atoms with E-state index in [0.29, 0.717) is 0 Å². The van der Waals surface area contributed by atoms with Crippen molar-refractivity contribution in [3.05, 3.63) is 29.8 Å². The van der Waals surface area contributed by atoms with Gasteiger partial charge >= 0.3 is 12.0 Å². The lowest BCUT2D eigenvalue weighted by Gasteiger charge is -2.13. The van der Waals surface area contributed by atoms with Gasteiger partial charge in [0.1, 0.15) is 11.8 Å². The number of urea groups is 1. The van der Waals surface area contributed by atoms with Gasteiger partial charge in [-0.3, -0.25) is 10.1 Å². The first-order valence-corrected chi connectivity index (χ1v) is 7.42. The maximum atomic E-state index is 11.7. The third-order valence-electron chi connectivity index (χ3n) is 3.18. The van der Waals surface area contributed by atoms with Crippen molar-refractivity contribution >= 4 is 17.9 Å². The van der Waals surface area contributed by atoms with Gasteiger partial charge in [0.25, 0.3) is 5.91 Å². The maximum absolute atomic E-state index is 11.7. The fraction of sp³-hybridized carbons (Fsp3) is 0.375. The second-order valence-corrected chi connectivity index (χ2v) is 5.27. The molecular weight excluding hydrogens is 314 g/mol. The van der Waals surface area contributed by atoms with Crippen molar-refractivity contribution in [3.8, 4) is 11.8 Å². The van der Waals surface area contributed by atoms with E-state index in [1.165, 1.54) is 6.92 Å². The molecule has 0 radical (unpaired) electrons. The molecule has 0 aliphatic heterocycles. The monoisotopic (exact) mass is 331 g/mol. The minimum Gasteiger partial charge on any atom is -0.481 e. The summed E-state index contributed by atoms with van der Waals surface area (Å²) in [5, 5.41) is 13.6. The molecule has 1 aliphatic rings. The maximum Gasteiger partial charge on any atom is 0.344 e. The molecular formula is C16H17N3O5. The van der Waals surface area contributed by atoms with Crippen LogP contribution in [-0.4, -0.2) is 36.7 Å². The number of esters is 1. The first-order valence-electron chi connectivity index (χ1n) is 7.42. The Morgan fingerprint density at radius 3 is 2.71 bits per heavy atom. The molecule has 0 unspecified atom stereocenters. The molecule has 0 spiro atoms. The van der Waals surface area contributed by atoms with Crippen LogP contribution in [0.15, 0.2) is 24.3 Å². The van der Waals surface area contributed by atoms with Crippen molar-refractivity contribution in [2.45, 2.75) is 31.9 Å². The number of para-hydroxylation sites is 1. The van der Waals surface area contributed by atoms with Gasteiger partial charge in [-0.25, -0.2) is 9.59 Å². The third kappa shape index (κ3) is 5.28. The second-order valence-electron chi connectivity index (χ2n) is 5.27. The number of imide groups is 1. The molecule has 3 amide bonds. The summed E-state index contributed by atoms with van der Waals surface area (Å²) in [6.45, 7) is 0.894. The Morgan fingerprint density at radius 2 is 2.04 bits per heavy atom. The minimum atomic E-state index is -1.14. The van der Waals surface area contributed by atoms with Gasteiger partial charge in [0.15, 0.2) is 12.7 Å². The fourth-order valence-electron chi connectivity index (χ4n) is 1.77. The summed E-state index contributed by atoms with van der Waals surface area (Å²) >= 11 is 0. The molecule has 2 N–H and O–H groups in total. The molecule has 1 aromatic rings. The van der Waals surface area contributed by atoms with Crippen LogP contribution in [0.1, 0.15) is 25.3 Å². The Morgan fingerprint density at radius 1 is 1.33 bits per heavy atom. The summed E-state index contributed by atoms with van der Waals surface area (Å²) in [5.41, 5.74) is 0.285. The summed E-state index contributed by atoms with van der Waals surface area (Å²) < 4.78 is 10.1. The van der Waals surface area contributed by atoms with Crippen LogP contribution in [0.2, 0.25) is 0 Å². The molecule has 0 saturated heterocycles. The number of hydrogen-bond donors (Lipinski definition) is 2. The molecule has 24 heavy (non-hydrogen) atoms. The Hall–Kier alpha value is -3.08. The molecule has 1 fully saturated rings. The standard InChI is InChI=1S/C16H17N3O5/c1-10(15(21)19-16(22)18-12-6-7-12)24-14(20)9-23-13-5-3-2-4-11(13)8-17/h2-5,10,12H,6-7,9H2,1H3,(H2,18,19,21,22)/t10-/m0/s1. The predicted octanol–water partition coefficient (Wildman–Crippen LogP) is 0.857. The number of nitrogens with one attached hydrogen (secondary N) is 2. The van der Waals surface area contributed by atoms with Gasteiger partial charge in [0.05, 0.1) is 5.56 Å². The van der Waals surface area contributed by atoms with Crippen molar-refractivity contribution in [1.29, 1.82) is 5.26 Å². The lowest BCUT2D eigenvalue weighted by Crippen LogP contribution is -2.45. The number of carbonyl (C=O) groups excluding carboxylic acids is 3. The lowest BCUT2D eigenvalue weighted by atomic mass is 10.2. The van der Waals surface area contributed by atoms with Gasteiger partial charge in [-0.15, -0.1) is 0 Å². The Labute approximate surface area is 138 Å². The summed E-state index contributed by atoms with van der Waals surface area (Å²) in [5.74, 6) is -1.26. The summed E-state index contributed by atoms with van der Waals surface area (Å²) in [6.07, 6.45) is 0.652. The van der Waals surface area contributed by atoms with Crippen LogP contribution < -0.4 is 15.4 Å². The summed E-state index contributed by atoms with van der Waals surface area (Å²) in [6, 6.07) is 7.87. The third-order valence-corrected chi connectivity index (χ3v) is 3.18. The van der Waals surface area contributed by atoms with E-state index < -0.39 is 30.6 Å². The molecule has 0 aromatic heterocycles. The molecule has 0 heterocycles. The molecule has 8 heteroatoms. The highest BCUT2D eigenvalue weighted by molar-refractivity contribution is 5.97. The van der Waals surface area contributed by atoms with Crippen molar-refractivity contribution in [2.24, 2.45) is 0 Å². The van der Waals surface area contributed by atoms with E-state index in [1.54, 1.807) is 24.3 Å². The largest absolute Gasteiger partial charge is 0.481 e. The van der Waals surface area contributed by atoms with Crippen molar-refractivity contribution < 1.29 is 23.9 Å². The number of nitriles is 1. The van der Waals surface area contributed by atoms with Crippen LogP contribution in [0.4, 0.5) is 4.79 Å². The van der Waals surface area contributed by atoms with Crippen LogP contribution in [0.25, 0.3) is 0 Å². The number of carbonyl (C=O) groups is 3. The van der Waals surface area contributed by atoms with E-state index in [0.717, 1.165) is 12.8 Å². The SMILES string of the molecule is C[C@H](OC(=O)COc1ccccc1C#N)C(=O)NC(=O)NC1CC1. The zero-order chi connectivity index (χ0) is 17.5. The molecule has 8 nitrogen and oxygen atoms in total. The first kappa shape index (κ1) is 17.3. The Balaban J connectivity index is 1.75. The second kappa shape index (κ2) is 7.97. The lowest BCUT2D eigenvalue weighted by molar-refractivity contribution is -0.156. The predicted molar refractivity (Wildman–Crippen MR) is 81.9 cm³/mol. The van der Waals surface area contributed by atoms with Gasteiger partial charge in [0, 0.05) is 6.04 Å². The van der Waals surface area contributed by atoms with Crippen LogP contribution in [0.5, 0.6) is 5.75 Å². The topological polar surface area (TPSA) is 118 Å². The number of hydrogen-bond acceptors (Lipinski definition) is 6. The van der Waals surface area contributed by atoms with Gasteiger partial charge < -0.3 is 14.8 Å². The highest BCUT2D eigenvalue weighted by atomic mass is 16.6. The van der Waals surface area contributed by atoms with Crippen LogP contribution >= 0.6 is 0 Å². The number of amides is 3. The Bertz CT molecular complexity index is 679. The molecule has 0 bridgehead atoms. The number of benzene rings is 1. The van der Waals surface area contributed by atoms with Crippen LogP contribution in [0, 0.1) is 11.3 Å². The highest BCUT2D eigenvalue weighted by Crippen LogP contribution is 2.18. The Kier molecular flexibility index (Phi) is 5.73. The molecule has 1 aliphatic carbocycles. The van der Waals surface area contributed by atoms with Gasteiger partial charge in [-0.1, -0.05) is 12.1 Å². The van der Waals surface area contributed by atoms with Crippen molar-refractivity contribution in [2.75, 3.05) is 6.61 Å².